The molecule has 1 aliphatic carbocycles. The van der Waals surface area contributed by atoms with Crippen LogP contribution in [0.15, 0.2) is 47.7 Å². The Bertz CT molecular complexity index is 994. The molecule has 0 aliphatic heterocycles. The molecule has 0 unspecified atom stereocenters. The van der Waals surface area contributed by atoms with Crippen molar-refractivity contribution >= 4 is 22.6 Å². The average molecular weight is 320 g/mol. The minimum Gasteiger partial charge on any atom is -0.325 e. The van der Waals surface area contributed by atoms with E-state index < -0.39 is 0 Å². The van der Waals surface area contributed by atoms with Crippen LogP contribution in [0.3, 0.4) is 0 Å². The zero-order valence-corrected chi connectivity index (χ0v) is 13.0. The number of aromatic nitrogens is 3. The molecule has 2 heterocycles. The minimum absolute atomic E-state index is 0.0756. The van der Waals surface area contributed by atoms with Crippen molar-refractivity contribution in [1.82, 2.24) is 14.5 Å². The molecule has 120 valence electrons. The van der Waals surface area contributed by atoms with Gasteiger partial charge in [0.25, 0.3) is 5.56 Å². The molecule has 2 aromatic heterocycles. The number of nitrogens with one attached hydrogen (secondary N) is 1. The summed E-state index contributed by atoms with van der Waals surface area (Å²) in [6.07, 6.45) is 6.27. The fourth-order valence-electron chi connectivity index (χ4n) is 3.12. The van der Waals surface area contributed by atoms with Gasteiger partial charge in [-0.25, -0.2) is 9.97 Å². The van der Waals surface area contributed by atoms with Gasteiger partial charge in [-0.15, -0.1) is 0 Å². The van der Waals surface area contributed by atoms with Crippen molar-refractivity contribution < 1.29 is 4.79 Å². The largest absolute Gasteiger partial charge is 0.325 e. The lowest BCUT2D eigenvalue weighted by Gasteiger charge is -2.09. The third kappa shape index (κ3) is 2.67. The molecular formula is C18H16N4O2. The van der Waals surface area contributed by atoms with E-state index in [9.17, 15) is 9.59 Å². The molecule has 0 spiro atoms. The van der Waals surface area contributed by atoms with E-state index >= 15 is 0 Å². The number of carbonyl (C=O) groups is 1. The number of amides is 1. The van der Waals surface area contributed by atoms with Crippen molar-refractivity contribution in [2.24, 2.45) is 0 Å². The highest BCUT2D eigenvalue weighted by atomic mass is 16.2. The molecule has 4 rings (SSSR count). The van der Waals surface area contributed by atoms with E-state index in [1.54, 1.807) is 18.3 Å². The standard InChI is InChI=1S/C18H16N4O2/c23-16(21-14-7-6-12-3-1-4-13(12)9-14)10-22-11-20-17-15(18(22)24)5-2-8-19-17/h2,5-9,11H,1,3-4,10H2,(H,21,23). The molecule has 3 aromatic rings. The van der Waals surface area contributed by atoms with Crippen LogP contribution in [0.25, 0.3) is 11.0 Å². The van der Waals surface area contributed by atoms with E-state index in [0.29, 0.717) is 11.0 Å². The number of hydrogen-bond donors (Lipinski definition) is 1. The van der Waals surface area contributed by atoms with Gasteiger partial charge in [-0.05, 0) is 54.7 Å². The van der Waals surface area contributed by atoms with Crippen molar-refractivity contribution in [3.05, 3.63) is 64.3 Å². The lowest BCUT2D eigenvalue weighted by molar-refractivity contribution is -0.116. The van der Waals surface area contributed by atoms with Crippen molar-refractivity contribution in [2.75, 3.05) is 5.32 Å². The zero-order valence-electron chi connectivity index (χ0n) is 13.0. The lowest BCUT2D eigenvalue weighted by atomic mass is 10.1. The molecule has 0 radical (unpaired) electrons. The van der Waals surface area contributed by atoms with Gasteiger partial charge in [-0.3, -0.25) is 14.2 Å². The summed E-state index contributed by atoms with van der Waals surface area (Å²) in [5.74, 6) is -0.250. The predicted molar refractivity (Wildman–Crippen MR) is 90.9 cm³/mol. The SMILES string of the molecule is O=C(Cn1cnc2ncccc2c1=O)Nc1ccc2c(c1)CCC2. The highest BCUT2D eigenvalue weighted by Crippen LogP contribution is 2.24. The van der Waals surface area contributed by atoms with Crippen LogP contribution < -0.4 is 10.9 Å². The maximum absolute atomic E-state index is 12.4. The Morgan fingerprint density at radius 1 is 1.17 bits per heavy atom. The summed E-state index contributed by atoms with van der Waals surface area (Å²) in [5, 5.41) is 3.26. The van der Waals surface area contributed by atoms with Gasteiger partial charge in [0, 0.05) is 11.9 Å². The Hall–Kier alpha value is -3.02. The Morgan fingerprint density at radius 3 is 2.96 bits per heavy atom. The summed E-state index contributed by atoms with van der Waals surface area (Å²) in [6, 6.07) is 9.33. The number of benzene rings is 1. The Balaban J connectivity index is 1.54. The third-order valence-corrected chi connectivity index (χ3v) is 4.29. The second kappa shape index (κ2) is 5.88. The number of pyridine rings is 1. The maximum atomic E-state index is 12.4. The van der Waals surface area contributed by atoms with Crippen LogP contribution in [0.1, 0.15) is 17.5 Å². The zero-order chi connectivity index (χ0) is 16.5. The van der Waals surface area contributed by atoms with Crippen molar-refractivity contribution in [2.45, 2.75) is 25.8 Å². The van der Waals surface area contributed by atoms with Gasteiger partial charge in [0.05, 0.1) is 5.39 Å². The van der Waals surface area contributed by atoms with E-state index in [2.05, 4.69) is 21.4 Å². The highest BCUT2D eigenvalue weighted by molar-refractivity contribution is 5.90. The summed E-state index contributed by atoms with van der Waals surface area (Å²) in [6.45, 7) is -0.0756. The molecule has 0 saturated carbocycles. The van der Waals surface area contributed by atoms with Gasteiger partial charge >= 0.3 is 0 Å². The van der Waals surface area contributed by atoms with E-state index in [1.165, 1.54) is 28.4 Å². The minimum atomic E-state index is -0.266. The molecule has 6 heteroatoms. The Kier molecular flexibility index (Phi) is 3.57. The maximum Gasteiger partial charge on any atom is 0.263 e. The second-order valence-electron chi connectivity index (χ2n) is 5.94. The van der Waals surface area contributed by atoms with Gasteiger partial charge in [-0.1, -0.05) is 6.07 Å². The first-order chi connectivity index (χ1) is 11.7. The summed E-state index contributed by atoms with van der Waals surface area (Å²) in [5.41, 5.74) is 3.54. The quantitative estimate of drug-likeness (QED) is 0.800. The number of nitrogens with zero attached hydrogens (tertiary/aromatic N) is 3. The topological polar surface area (TPSA) is 76.9 Å². The number of fused-ring (bicyclic) bond motifs is 2. The van der Waals surface area contributed by atoms with Crippen molar-refractivity contribution in [3.63, 3.8) is 0 Å². The van der Waals surface area contributed by atoms with Gasteiger partial charge in [0.2, 0.25) is 5.91 Å². The van der Waals surface area contributed by atoms with Crippen LogP contribution >= 0.6 is 0 Å². The lowest BCUT2D eigenvalue weighted by Crippen LogP contribution is -2.28. The molecule has 6 nitrogen and oxygen atoms in total. The molecule has 1 N–H and O–H groups in total. The molecule has 1 aliphatic rings. The summed E-state index contributed by atoms with van der Waals surface area (Å²) in [7, 11) is 0. The second-order valence-corrected chi connectivity index (χ2v) is 5.94. The van der Waals surface area contributed by atoms with Gasteiger partial charge in [-0.2, -0.15) is 0 Å². The normalized spacial score (nSPS) is 13.0. The fourth-order valence-corrected chi connectivity index (χ4v) is 3.12. The molecule has 24 heavy (non-hydrogen) atoms. The van der Waals surface area contributed by atoms with Crippen LogP contribution in [-0.2, 0) is 24.2 Å². The summed E-state index contributed by atoms with van der Waals surface area (Å²) >= 11 is 0. The first-order valence-corrected chi connectivity index (χ1v) is 7.92. The van der Waals surface area contributed by atoms with Gasteiger partial charge < -0.3 is 5.32 Å². The van der Waals surface area contributed by atoms with E-state index in [-0.39, 0.29) is 18.0 Å². The van der Waals surface area contributed by atoms with Crippen LogP contribution in [-0.4, -0.2) is 20.4 Å². The molecule has 0 atom stereocenters. The molecule has 0 fully saturated rings. The molecule has 0 bridgehead atoms. The molecular weight excluding hydrogens is 304 g/mol. The number of aryl methyl sites for hydroxylation is 2. The number of hydrogen-bond acceptors (Lipinski definition) is 4. The first-order valence-electron chi connectivity index (χ1n) is 7.92. The van der Waals surface area contributed by atoms with Crippen LogP contribution in [0, 0.1) is 0 Å². The smallest absolute Gasteiger partial charge is 0.263 e. The predicted octanol–water partition coefficient (Wildman–Crippen LogP) is 1.92. The van der Waals surface area contributed by atoms with Crippen molar-refractivity contribution in [3.8, 4) is 0 Å². The molecule has 1 amide bonds. The van der Waals surface area contributed by atoms with E-state index in [1.807, 2.05) is 12.1 Å². The van der Waals surface area contributed by atoms with E-state index in [4.69, 9.17) is 0 Å². The third-order valence-electron chi connectivity index (χ3n) is 4.29. The Morgan fingerprint density at radius 2 is 2.04 bits per heavy atom. The number of carbonyl (C=O) groups excluding carboxylic acids is 1. The van der Waals surface area contributed by atoms with E-state index in [0.717, 1.165) is 18.5 Å². The molecule has 1 aromatic carbocycles. The van der Waals surface area contributed by atoms with Crippen molar-refractivity contribution in [1.29, 1.82) is 0 Å². The highest BCUT2D eigenvalue weighted by Gasteiger charge is 2.13. The van der Waals surface area contributed by atoms with Crippen LogP contribution in [0.2, 0.25) is 0 Å². The van der Waals surface area contributed by atoms with Gasteiger partial charge in [0.15, 0.2) is 5.65 Å². The van der Waals surface area contributed by atoms with Crippen LogP contribution in [0.4, 0.5) is 5.69 Å². The number of anilines is 1. The van der Waals surface area contributed by atoms with Crippen LogP contribution in [0.5, 0.6) is 0 Å². The fraction of sp³-hybridized carbons (Fsp3) is 0.222. The average Bonchev–Trinajstić information content (AvgIpc) is 3.05. The first kappa shape index (κ1) is 14.6. The monoisotopic (exact) mass is 320 g/mol. The summed E-state index contributed by atoms with van der Waals surface area (Å²) in [4.78, 5) is 32.8. The number of rotatable bonds is 3. The summed E-state index contributed by atoms with van der Waals surface area (Å²) < 4.78 is 1.30. The molecule has 0 saturated heterocycles. The van der Waals surface area contributed by atoms with Gasteiger partial charge in [0.1, 0.15) is 12.9 Å². The Labute approximate surface area is 138 Å².